The van der Waals surface area contributed by atoms with E-state index < -0.39 is 0 Å². The number of rotatable bonds is 3. The number of hydrogen-bond acceptors (Lipinski definition) is 4. The number of furan rings is 1. The molecule has 0 amide bonds. The second-order valence-electron chi connectivity index (χ2n) is 4.54. The van der Waals surface area contributed by atoms with Gasteiger partial charge >= 0.3 is 0 Å². The molecule has 0 aliphatic heterocycles. The summed E-state index contributed by atoms with van der Waals surface area (Å²) < 4.78 is 5.83. The molecule has 0 saturated heterocycles. The van der Waals surface area contributed by atoms with E-state index in [0.29, 0.717) is 22.1 Å². The number of halogens is 1. The Morgan fingerprint density at radius 1 is 1.10 bits per heavy atom. The first kappa shape index (κ1) is 13.0. The zero-order chi connectivity index (χ0) is 14.1. The van der Waals surface area contributed by atoms with Gasteiger partial charge in [-0.3, -0.25) is 5.84 Å². The Bertz CT molecular complexity index is 754. The molecule has 3 aromatic rings. The van der Waals surface area contributed by atoms with Crippen molar-refractivity contribution in [3.05, 3.63) is 64.9 Å². The number of hydrogen-bond donors (Lipinski definition) is 3. The van der Waals surface area contributed by atoms with Crippen molar-refractivity contribution < 1.29 is 4.42 Å². The molecule has 0 radical (unpaired) electrons. The molecule has 5 heteroatoms. The maximum absolute atomic E-state index is 6.13. The van der Waals surface area contributed by atoms with Gasteiger partial charge in [-0.05, 0) is 18.2 Å². The van der Waals surface area contributed by atoms with Crippen LogP contribution in [-0.4, -0.2) is 0 Å². The molecular weight excluding hydrogens is 274 g/mol. The first-order valence-electron chi connectivity index (χ1n) is 6.19. The van der Waals surface area contributed by atoms with E-state index in [1.807, 2.05) is 42.5 Å². The van der Waals surface area contributed by atoms with Gasteiger partial charge in [0.15, 0.2) is 5.58 Å². The van der Waals surface area contributed by atoms with Gasteiger partial charge in [-0.2, -0.15) is 0 Å². The zero-order valence-corrected chi connectivity index (χ0v) is 11.4. The van der Waals surface area contributed by atoms with Gasteiger partial charge in [0.2, 0.25) is 0 Å². The van der Waals surface area contributed by atoms with Crippen molar-refractivity contribution in [3.63, 3.8) is 0 Å². The van der Waals surface area contributed by atoms with Crippen LogP contribution in [0.4, 0.5) is 5.69 Å². The number of nitrogen functional groups attached to an aromatic ring is 1. The maximum atomic E-state index is 6.13. The van der Waals surface area contributed by atoms with Crippen LogP contribution in [0.3, 0.4) is 0 Å². The average Bonchev–Trinajstić information content (AvgIpc) is 2.87. The lowest BCUT2D eigenvalue weighted by molar-refractivity contribution is 0.478. The molecule has 1 aromatic heterocycles. The molecule has 1 heterocycles. The topological polar surface area (TPSA) is 77.2 Å². The molecule has 0 bridgehead atoms. The Labute approximate surface area is 121 Å². The molecule has 4 nitrogen and oxygen atoms in total. The zero-order valence-electron chi connectivity index (χ0n) is 10.6. The van der Waals surface area contributed by atoms with Gasteiger partial charge in [-0.1, -0.05) is 41.9 Å². The van der Waals surface area contributed by atoms with Crippen LogP contribution in [0.15, 0.2) is 52.9 Å². The number of benzene rings is 2. The number of nitrogens with one attached hydrogen (secondary N) is 1. The van der Waals surface area contributed by atoms with Gasteiger partial charge in [-0.15, -0.1) is 0 Å². The quantitative estimate of drug-likeness (QED) is 0.393. The van der Waals surface area contributed by atoms with E-state index in [1.165, 1.54) is 0 Å². The summed E-state index contributed by atoms with van der Waals surface area (Å²) in [5.41, 5.74) is 10.9. The monoisotopic (exact) mass is 287 g/mol. The van der Waals surface area contributed by atoms with Gasteiger partial charge in [0.1, 0.15) is 11.8 Å². The summed E-state index contributed by atoms with van der Waals surface area (Å²) in [4.78, 5) is 0. The van der Waals surface area contributed by atoms with E-state index in [2.05, 4.69) is 5.43 Å². The number of nitrogens with two attached hydrogens (primary N) is 2. The van der Waals surface area contributed by atoms with Crippen LogP contribution in [0.5, 0.6) is 0 Å². The molecule has 2 aromatic carbocycles. The van der Waals surface area contributed by atoms with Gasteiger partial charge in [0.05, 0.1) is 5.02 Å². The maximum Gasteiger partial charge on any atom is 0.152 e. The van der Waals surface area contributed by atoms with Crippen molar-refractivity contribution in [2.45, 2.75) is 6.04 Å². The molecule has 0 spiro atoms. The second kappa shape index (κ2) is 5.17. The Morgan fingerprint density at radius 3 is 2.60 bits per heavy atom. The second-order valence-corrected chi connectivity index (χ2v) is 4.94. The lowest BCUT2D eigenvalue weighted by atomic mass is 10.0. The van der Waals surface area contributed by atoms with E-state index in [0.717, 1.165) is 10.9 Å². The summed E-state index contributed by atoms with van der Waals surface area (Å²) in [7, 11) is 0. The molecular formula is C15H14ClN3O. The molecule has 0 aliphatic rings. The number of anilines is 1. The fraction of sp³-hybridized carbons (Fsp3) is 0.0667. The highest BCUT2D eigenvalue weighted by molar-refractivity contribution is 6.34. The minimum Gasteiger partial charge on any atom is -0.457 e. The van der Waals surface area contributed by atoms with Crippen LogP contribution in [0.1, 0.15) is 17.4 Å². The molecule has 3 rings (SSSR count). The van der Waals surface area contributed by atoms with Crippen LogP contribution in [0, 0.1) is 0 Å². The van der Waals surface area contributed by atoms with E-state index in [4.69, 9.17) is 27.6 Å². The molecule has 5 N–H and O–H groups in total. The molecule has 1 atom stereocenters. The third-order valence-electron chi connectivity index (χ3n) is 3.27. The summed E-state index contributed by atoms with van der Waals surface area (Å²) in [5.74, 6) is 6.34. The van der Waals surface area contributed by atoms with Gasteiger partial charge in [0, 0.05) is 16.6 Å². The standard InChI is InChI=1S/C15H14ClN3O/c16-11-6-3-4-9-8-13(20-15(9)11)14(19-18)10-5-1-2-7-12(10)17/h1-8,14,19H,17-18H2. The molecule has 1 unspecified atom stereocenters. The van der Waals surface area contributed by atoms with E-state index in [1.54, 1.807) is 6.07 Å². The molecule has 0 fully saturated rings. The van der Waals surface area contributed by atoms with Crippen LogP contribution >= 0.6 is 11.6 Å². The molecule has 102 valence electrons. The lowest BCUT2D eigenvalue weighted by Gasteiger charge is -2.15. The minimum absolute atomic E-state index is 0.320. The molecule has 0 aliphatic carbocycles. The fourth-order valence-corrected chi connectivity index (χ4v) is 2.51. The van der Waals surface area contributed by atoms with Gasteiger partial charge < -0.3 is 10.2 Å². The van der Waals surface area contributed by atoms with Crippen LogP contribution in [0.2, 0.25) is 5.02 Å². The summed E-state index contributed by atoms with van der Waals surface area (Å²) in [5, 5.41) is 1.51. The van der Waals surface area contributed by atoms with Crippen molar-refractivity contribution in [1.82, 2.24) is 5.43 Å². The number of hydrazine groups is 1. The summed E-state index contributed by atoms with van der Waals surface area (Å²) in [6.45, 7) is 0. The van der Waals surface area contributed by atoms with E-state index in [9.17, 15) is 0 Å². The van der Waals surface area contributed by atoms with Crippen molar-refractivity contribution >= 4 is 28.3 Å². The predicted octanol–water partition coefficient (Wildman–Crippen LogP) is 3.22. The first-order valence-corrected chi connectivity index (χ1v) is 6.57. The van der Waals surface area contributed by atoms with Crippen molar-refractivity contribution in [2.75, 3.05) is 5.73 Å². The fourth-order valence-electron chi connectivity index (χ4n) is 2.29. The predicted molar refractivity (Wildman–Crippen MR) is 81.2 cm³/mol. The van der Waals surface area contributed by atoms with Crippen molar-refractivity contribution in [3.8, 4) is 0 Å². The largest absolute Gasteiger partial charge is 0.457 e. The molecule has 0 saturated carbocycles. The summed E-state index contributed by atoms with van der Waals surface area (Å²) in [6, 6.07) is 14.7. The normalized spacial score (nSPS) is 12.7. The summed E-state index contributed by atoms with van der Waals surface area (Å²) >= 11 is 6.13. The lowest BCUT2D eigenvalue weighted by Crippen LogP contribution is -2.29. The first-order chi connectivity index (χ1) is 9.70. The third-order valence-corrected chi connectivity index (χ3v) is 3.57. The Balaban J connectivity index is 2.12. The SMILES string of the molecule is NNC(c1cc2cccc(Cl)c2o1)c1ccccc1N. The summed E-state index contributed by atoms with van der Waals surface area (Å²) in [6.07, 6.45) is 0. The third kappa shape index (κ3) is 2.14. The van der Waals surface area contributed by atoms with Crippen LogP contribution in [-0.2, 0) is 0 Å². The Kier molecular flexibility index (Phi) is 3.36. The number of para-hydroxylation sites is 2. The highest BCUT2D eigenvalue weighted by Gasteiger charge is 2.19. The van der Waals surface area contributed by atoms with Gasteiger partial charge in [0.25, 0.3) is 0 Å². The molecule has 20 heavy (non-hydrogen) atoms. The minimum atomic E-state index is -0.320. The van der Waals surface area contributed by atoms with Crippen molar-refractivity contribution in [1.29, 1.82) is 0 Å². The Morgan fingerprint density at radius 2 is 1.90 bits per heavy atom. The van der Waals surface area contributed by atoms with Gasteiger partial charge in [-0.25, -0.2) is 5.43 Å². The van der Waals surface area contributed by atoms with E-state index >= 15 is 0 Å². The average molecular weight is 288 g/mol. The van der Waals surface area contributed by atoms with Crippen molar-refractivity contribution in [2.24, 2.45) is 5.84 Å². The highest BCUT2D eigenvalue weighted by Crippen LogP contribution is 2.33. The van der Waals surface area contributed by atoms with Crippen LogP contribution in [0.25, 0.3) is 11.0 Å². The highest BCUT2D eigenvalue weighted by atomic mass is 35.5. The van der Waals surface area contributed by atoms with Crippen LogP contribution < -0.4 is 17.0 Å². The Hall–Kier alpha value is -2.01. The van der Waals surface area contributed by atoms with E-state index in [-0.39, 0.29) is 6.04 Å². The number of fused-ring (bicyclic) bond motifs is 1. The smallest absolute Gasteiger partial charge is 0.152 e.